The maximum Gasteiger partial charge on any atom is 0.133 e. The number of pyridine rings is 1. The van der Waals surface area contributed by atoms with E-state index < -0.39 is 0 Å². The molecule has 0 saturated heterocycles. The van der Waals surface area contributed by atoms with Crippen molar-refractivity contribution in [2.75, 3.05) is 23.8 Å². The fourth-order valence-corrected chi connectivity index (χ4v) is 2.64. The SMILES string of the molecule is CN(CCc1ccncc1)c1cc(NCc2ccccc2Cl)ncn1. The molecule has 0 aliphatic heterocycles. The van der Waals surface area contributed by atoms with E-state index in [-0.39, 0.29) is 0 Å². The van der Waals surface area contributed by atoms with E-state index in [0.29, 0.717) is 6.54 Å². The van der Waals surface area contributed by atoms with Crippen LogP contribution in [0.3, 0.4) is 0 Å². The summed E-state index contributed by atoms with van der Waals surface area (Å²) in [7, 11) is 2.03. The monoisotopic (exact) mass is 353 g/mol. The number of halogens is 1. The Bertz CT molecular complexity index is 810. The van der Waals surface area contributed by atoms with Crippen molar-refractivity contribution in [3.8, 4) is 0 Å². The smallest absolute Gasteiger partial charge is 0.133 e. The first-order chi connectivity index (χ1) is 12.2. The van der Waals surface area contributed by atoms with Gasteiger partial charge in [-0.3, -0.25) is 4.98 Å². The topological polar surface area (TPSA) is 53.9 Å². The van der Waals surface area contributed by atoms with Crippen LogP contribution in [0.1, 0.15) is 11.1 Å². The molecule has 128 valence electrons. The van der Waals surface area contributed by atoms with Gasteiger partial charge in [0, 0.05) is 43.6 Å². The van der Waals surface area contributed by atoms with Gasteiger partial charge in [0.15, 0.2) is 0 Å². The van der Waals surface area contributed by atoms with Crippen LogP contribution in [-0.4, -0.2) is 28.5 Å². The number of hydrogen-bond acceptors (Lipinski definition) is 5. The summed E-state index contributed by atoms with van der Waals surface area (Å²) in [5, 5.41) is 4.05. The summed E-state index contributed by atoms with van der Waals surface area (Å²) in [6.45, 7) is 1.49. The van der Waals surface area contributed by atoms with Gasteiger partial charge in [-0.15, -0.1) is 0 Å². The first-order valence-electron chi connectivity index (χ1n) is 8.12. The summed E-state index contributed by atoms with van der Waals surface area (Å²) >= 11 is 6.19. The van der Waals surface area contributed by atoms with E-state index in [1.807, 2.05) is 61.9 Å². The summed E-state index contributed by atoms with van der Waals surface area (Å²) in [4.78, 5) is 14.8. The van der Waals surface area contributed by atoms with Gasteiger partial charge in [-0.2, -0.15) is 0 Å². The minimum atomic E-state index is 0.622. The molecule has 1 aromatic carbocycles. The summed E-state index contributed by atoms with van der Waals surface area (Å²) in [5.41, 5.74) is 2.29. The van der Waals surface area contributed by atoms with E-state index in [1.165, 1.54) is 5.56 Å². The zero-order chi connectivity index (χ0) is 17.5. The highest BCUT2D eigenvalue weighted by Gasteiger charge is 2.06. The Labute approximate surface area is 152 Å². The van der Waals surface area contributed by atoms with E-state index in [0.717, 1.165) is 35.2 Å². The number of anilines is 2. The van der Waals surface area contributed by atoms with Crippen molar-refractivity contribution >= 4 is 23.2 Å². The number of hydrogen-bond donors (Lipinski definition) is 1. The normalized spacial score (nSPS) is 10.5. The lowest BCUT2D eigenvalue weighted by molar-refractivity contribution is 0.854. The number of nitrogens with zero attached hydrogens (tertiary/aromatic N) is 4. The summed E-state index contributed by atoms with van der Waals surface area (Å²) < 4.78 is 0. The average molecular weight is 354 g/mol. The van der Waals surface area contributed by atoms with Crippen LogP contribution < -0.4 is 10.2 Å². The van der Waals surface area contributed by atoms with Crippen LogP contribution in [-0.2, 0) is 13.0 Å². The lowest BCUT2D eigenvalue weighted by atomic mass is 10.2. The molecule has 0 amide bonds. The molecular weight excluding hydrogens is 334 g/mol. The number of nitrogens with one attached hydrogen (secondary N) is 1. The van der Waals surface area contributed by atoms with Crippen LogP contribution >= 0.6 is 11.6 Å². The zero-order valence-corrected chi connectivity index (χ0v) is 14.8. The first-order valence-corrected chi connectivity index (χ1v) is 8.49. The van der Waals surface area contributed by atoms with Gasteiger partial charge in [-0.25, -0.2) is 9.97 Å². The highest BCUT2D eigenvalue weighted by molar-refractivity contribution is 6.31. The van der Waals surface area contributed by atoms with Gasteiger partial charge in [0.25, 0.3) is 0 Å². The highest BCUT2D eigenvalue weighted by Crippen LogP contribution is 2.18. The maximum absolute atomic E-state index is 6.19. The molecule has 0 aliphatic rings. The second-order valence-corrected chi connectivity index (χ2v) is 6.14. The fourth-order valence-electron chi connectivity index (χ4n) is 2.44. The van der Waals surface area contributed by atoms with Crippen molar-refractivity contribution in [3.63, 3.8) is 0 Å². The van der Waals surface area contributed by atoms with Crippen molar-refractivity contribution in [2.45, 2.75) is 13.0 Å². The molecule has 25 heavy (non-hydrogen) atoms. The molecule has 0 atom stereocenters. The van der Waals surface area contributed by atoms with E-state index in [9.17, 15) is 0 Å². The van der Waals surface area contributed by atoms with Gasteiger partial charge in [-0.1, -0.05) is 29.8 Å². The molecule has 2 heterocycles. The molecule has 2 aromatic heterocycles. The first kappa shape index (κ1) is 17.2. The lowest BCUT2D eigenvalue weighted by Crippen LogP contribution is -2.21. The number of likely N-dealkylation sites (N-methyl/N-ethyl adjacent to an activating group) is 1. The van der Waals surface area contributed by atoms with Crippen LogP contribution in [0.2, 0.25) is 5.02 Å². The van der Waals surface area contributed by atoms with Gasteiger partial charge >= 0.3 is 0 Å². The Morgan fingerprint density at radius 2 is 1.88 bits per heavy atom. The van der Waals surface area contributed by atoms with E-state index in [2.05, 4.69) is 25.2 Å². The molecule has 0 unspecified atom stereocenters. The average Bonchev–Trinajstić information content (AvgIpc) is 2.66. The zero-order valence-electron chi connectivity index (χ0n) is 14.1. The molecule has 0 aliphatic carbocycles. The second-order valence-electron chi connectivity index (χ2n) is 5.73. The quantitative estimate of drug-likeness (QED) is 0.699. The standard InChI is InChI=1S/C19H20ClN5/c1-25(11-8-15-6-9-21-10-7-15)19-12-18(23-14-24-19)22-13-16-4-2-3-5-17(16)20/h2-7,9-10,12,14H,8,11,13H2,1H3,(H,22,23,24). The lowest BCUT2D eigenvalue weighted by Gasteiger charge is -2.18. The molecule has 0 bridgehead atoms. The minimum absolute atomic E-state index is 0.622. The molecule has 3 rings (SSSR count). The maximum atomic E-state index is 6.19. The van der Waals surface area contributed by atoms with Gasteiger partial charge in [-0.05, 0) is 35.7 Å². The third-order valence-corrected chi connectivity index (χ3v) is 4.32. The van der Waals surface area contributed by atoms with Crippen molar-refractivity contribution in [2.24, 2.45) is 0 Å². The predicted octanol–water partition coefficient (Wildman–Crippen LogP) is 3.82. The Morgan fingerprint density at radius 3 is 2.68 bits per heavy atom. The molecule has 0 saturated carbocycles. The number of rotatable bonds is 7. The van der Waals surface area contributed by atoms with Crippen LogP contribution in [0.25, 0.3) is 0 Å². The summed E-state index contributed by atoms with van der Waals surface area (Å²) in [6, 6.07) is 13.8. The summed E-state index contributed by atoms with van der Waals surface area (Å²) in [5.74, 6) is 1.66. The third kappa shape index (κ3) is 4.90. The van der Waals surface area contributed by atoms with Crippen LogP contribution in [0.15, 0.2) is 61.2 Å². The van der Waals surface area contributed by atoms with E-state index >= 15 is 0 Å². The molecule has 0 spiro atoms. The van der Waals surface area contributed by atoms with Crippen LogP contribution in [0.5, 0.6) is 0 Å². The van der Waals surface area contributed by atoms with Crippen LogP contribution in [0.4, 0.5) is 11.6 Å². The van der Waals surface area contributed by atoms with Crippen molar-refractivity contribution in [1.29, 1.82) is 0 Å². The highest BCUT2D eigenvalue weighted by atomic mass is 35.5. The molecule has 0 radical (unpaired) electrons. The fraction of sp³-hybridized carbons (Fsp3) is 0.211. The molecule has 0 fully saturated rings. The molecular formula is C19H20ClN5. The van der Waals surface area contributed by atoms with Crippen molar-refractivity contribution in [1.82, 2.24) is 15.0 Å². The number of aromatic nitrogens is 3. The molecule has 6 heteroatoms. The predicted molar refractivity (Wildman–Crippen MR) is 102 cm³/mol. The summed E-state index contributed by atoms with van der Waals surface area (Å²) in [6.07, 6.45) is 6.14. The Morgan fingerprint density at radius 1 is 1.08 bits per heavy atom. The van der Waals surface area contributed by atoms with Crippen LogP contribution in [0, 0.1) is 0 Å². The van der Waals surface area contributed by atoms with Crippen molar-refractivity contribution in [3.05, 3.63) is 77.3 Å². The van der Waals surface area contributed by atoms with E-state index in [1.54, 1.807) is 6.33 Å². The molecule has 3 aromatic rings. The Balaban J connectivity index is 1.59. The second kappa shape index (κ2) is 8.44. The van der Waals surface area contributed by atoms with Gasteiger partial charge in [0.2, 0.25) is 0 Å². The van der Waals surface area contributed by atoms with E-state index in [4.69, 9.17) is 11.6 Å². The van der Waals surface area contributed by atoms with Crippen molar-refractivity contribution < 1.29 is 0 Å². The van der Waals surface area contributed by atoms with Gasteiger partial charge < -0.3 is 10.2 Å². The van der Waals surface area contributed by atoms with Gasteiger partial charge in [0.1, 0.15) is 18.0 Å². The Hall–Kier alpha value is -2.66. The Kier molecular flexibility index (Phi) is 5.80. The number of benzene rings is 1. The molecule has 5 nitrogen and oxygen atoms in total. The third-order valence-electron chi connectivity index (χ3n) is 3.95. The largest absolute Gasteiger partial charge is 0.366 e. The van der Waals surface area contributed by atoms with Gasteiger partial charge in [0.05, 0.1) is 0 Å². The molecule has 1 N–H and O–H groups in total. The minimum Gasteiger partial charge on any atom is -0.366 e.